The number of amides is 1. The lowest BCUT2D eigenvalue weighted by molar-refractivity contribution is -0.274. The third-order valence-corrected chi connectivity index (χ3v) is 4.97. The van der Waals surface area contributed by atoms with Crippen molar-refractivity contribution in [1.82, 2.24) is 10.2 Å². The summed E-state index contributed by atoms with van der Waals surface area (Å²) >= 11 is 0. The van der Waals surface area contributed by atoms with Crippen molar-refractivity contribution in [2.75, 3.05) is 11.9 Å². The van der Waals surface area contributed by atoms with E-state index >= 15 is 0 Å². The van der Waals surface area contributed by atoms with E-state index in [1.807, 2.05) is 0 Å². The Kier molecular flexibility index (Phi) is 5.19. The van der Waals surface area contributed by atoms with E-state index in [2.05, 4.69) is 20.3 Å². The van der Waals surface area contributed by atoms with Crippen molar-refractivity contribution in [1.29, 1.82) is 0 Å². The van der Waals surface area contributed by atoms with Crippen LogP contribution in [0.3, 0.4) is 0 Å². The molecular formula is C21H19F3N4O2. The SMILES string of the molecule is NC(=O)c1nnc2cc(-c3ccccc3OC(F)(F)F)ccc2c1NCCC1CC1. The number of benzene rings is 2. The summed E-state index contributed by atoms with van der Waals surface area (Å²) in [5, 5.41) is 11.8. The minimum absolute atomic E-state index is 0.0341. The molecular weight excluding hydrogens is 397 g/mol. The second kappa shape index (κ2) is 7.81. The smallest absolute Gasteiger partial charge is 0.405 e. The molecule has 1 aromatic heterocycles. The number of aromatic nitrogens is 2. The van der Waals surface area contributed by atoms with E-state index in [0.29, 0.717) is 34.6 Å². The van der Waals surface area contributed by atoms with Gasteiger partial charge in [-0.3, -0.25) is 4.79 Å². The van der Waals surface area contributed by atoms with Crippen molar-refractivity contribution in [2.24, 2.45) is 11.7 Å². The molecule has 30 heavy (non-hydrogen) atoms. The van der Waals surface area contributed by atoms with Crippen LogP contribution in [0.5, 0.6) is 5.75 Å². The topological polar surface area (TPSA) is 90.1 Å². The number of fused-ring (bicyclic) bond motifs is 1. The largest absolute Gasteiger partial charge is 0.573 e. The summed E-state index contributed by atoms with van der Waals surface area (Å²) < 4.78 is 42.4. The lowest BCUT2D eigenvalue weighted by Gasteiger charge is -2.15. The zero-order valence-electron chi connectivity index (χ0n) is 15.9. The average molecular weight is 416 g/mol. The summed E-state index contributed by atoms with van der Waals surface area (Å²) in [5.41, 5.74) is 7.13. The van der Waals surface area contributed by atoms with Gasteiger partial charge in [0.1, 0.15) is 5.75 Å². The zero-order chi connectivity index (χ0) is 21.3. The van der Waals surface area contributed by atoms with Gasteiger partial charge in [-0.2, -0.15) is 0 Å². The Morgan fingerprint density at radius 3 is 2.63 bits per heavy atom. The van der Waals surface area contributed by atoms with E-state index in [4.69, 9.17) is 5.73 Å². The van der Waals surface area contributed by atoms with Gasteiger partial charge in [-0.1, -0.05) is 37.1 Å². The molecule has 0 saturated heterocycles. The molecule has 1 aliphatic rings. The van der Waals surface area contributed by atoms with Gasteiger partial charge in [0.15, 0.2) is 5.69 Å². The van der Waals surface area contributed by atoms with Crippen LogP contribution in [0.2, 0.25) is 0 Å². The fraction of sp³-hybridized carbons (Fsp3) is 0.286. The minimum Gasteiger partial charge on any atom is -0.405 e. The van der Waals surface area contributed by atoms with Crippen LogP contribution in [-0.2, 0) is 0 Å². The summed E-state index contributed by atoms with van der Waals surface area (Å²) in [6, 6.07) is 10.8. The van der Waals surface area contributed by atoms with Gasteiger partial charge in [-0.25, -0.2) is 0 Å². The van der Waals surface area contributed by atoms with Crippen LogP contribution in [0, 0.1) is 5.92 Å². The highest BCUT2D eigenvalue weighted by atomic mass is 19.4. The molecule has 0 atom stereocenters. The molecule has 0 unspecified atom stereocenters. The molecule has 3 aromatic rings. The maximum Gasteiger partial charge on any atom is 0.573 e. The molecule has 6 nitrogen and oxygen atoms in total. The van der Waals surface area contributed by atoms with Crippen molar-refractivity contribution in [2.45, 2.75) is 25.6 Å². The average Bonchev–Trinajstić information content (AvgIpc) is 3.51. The van der Waals surface area contributed by atoms with Crippen molar-refractivity contribution in [3.63, 3.8) is 0 Å². The summed E-state index contributed by atoms with van der Waals surface area (Å²) in [4.78, 5) is 11.8. The fourth-order valence-corrected chi connectivity index (χ4v) is 3.35. The highest BCUT2D eigenvalue weighted by molar-refractivity contribution is 6.05. The summed E-state index contributed by atoms with van der Waals surface area (Å²) in [6.45, 7) is 0.662. The number of carbonyl (C=O) groups is 1. The maximum absolute atomic E-state index is 12.7. The first-order valence-corrected chi connectivity index (χ1v) is 9.51. The second-order valence-corrected chi connectivity index (χ2v) is 7.22. The maximum atomic E-state index is 12.7. The Morgan fingerprint density at radius 1 is 1.17 bits per heavy atom. The zero-order valence-corrected chi connectivity index (χ0v) is 15.9. The molecule has 3 N–H and O–H groups in total. The number of primary amides is 1. The van der Waals surface area contributed by atoms with Crippen molar-refractivity contribution in [3.05, 3.63) is 48.2 Å². The van der Waals surface area contributed by atoms with E-state index in [0.717, 1.165) is 6.42 Å². The molecule has 0 spiro atoms. The standard InChI is InChI=1S/C21H19F3N4O2/c22-21(23,24)30-17-4-2-1-3-14(17)13-7-8-15-16(11-13)27-28-19(20(25)29)18(15)26-10-9-12-5-6-12/h1-4,7-8,11-12H,5-6,9-10H2,(H2,25,29)(H,26,27). The first kappa shape index (κ1) is 19.9. The molecule has 1 amide bonds. The number of alkyl halides is 3. The number of nitrogens with one attached hydrogen (secondary N) is 1. The molecule has 9 heteroatoms. The Balaban J connectivity index is 1.73. The van der Waals surface area contributed by atoms with Gasteiger partial charge >= 0.3 is 6.36 Å². The first-order valence-electron chi connectivity index (χ1n) is 9.51. The van der Waals surface area contributed by atoms with Crippen LogP contribution >= 0.6 is 0 Å². The van der Waals surface area contributed by atoms with Gasteiger partial charge in [0.2, 0.25) is 0 Å². The highest BCUT2D eigenvalue weighted by Crippen LogP contribution is 2.36. The molecule has 4 rings (SSSR count). The predicted molar refractivity (Wildman–Crippen MR) is 106 cm³/mol. The van der Waals surface area contributed by atoms with Crippen LogP contribution in [0.4, 0.5) is 18.9 Å². The summed E-state index contributed by atoms with van der Waals surface area (Å²) in [6.07, 6.45) is -1.41. The quantitative estimate of drug-likeness (QED) is 0.592. The van der Waals surface area contributed by atoms with Crippen molar-refractivity contribution >= 4 is 22.5 Å². The van der Waals surface area contributed by atoms with Crippen LogP contribution in [0.1, 0.15) is 29.8 Å². The number of nitrogens with zero attached hydrogens (tertiary/aromatic N) is 2. The lowest BCUT2D eigenvalue weighted by atomic mass is 10.0. The fourth-order valence-electron chi connectivity index (χ4n) is 3.35. The van der Waals surface area contributed by atoms with E-state index in [1.54, 1.807) is 24.3 Å². The number of carbonyl (C=O) groups excluding carboxylic acids is 1. The number of nitrogens with two attached hydrogens (primary N) is 1. The molecule has 156 valence electrons. The van der Waals surface area contributed by atoms with E-state index in [1.165, 1.54) is 31.0 Å². The Bertz CT molecular complexity index is 1100. The lowest BCUT2D eigenvalue weighted by Crippen LogP contribution is -2.18. The van der Waals surface area contributed by atoms with Gasteiger partial charge in [-0.15, -0.1) is 23.4 Å². The number of hydrogen-bond donors (Lipinski definition) is 2. The Labute approximate surface area is 170 Å². The molecule has 0 bridgehead atoms. The van der Waals surface area contributed by atoms with Crippen LogP contribution in [0.15, 0.2) is 42.5 Å². The first-order chi connectivity index (χ1) is 14.3. The van der Waals surface area contributed by atoms with E-state index in [-0.39, 0.29) is 17.0 Å². The molecule has 0 radical (unpaired) electrons. The van der Waals surface area contributed by atoms with Crippen molar-refractivity contribution < 1.29 is 22.7 Å². The number of anilines is 1. The second-order valence-electron chi connectivity index (χ2n) is 7.22. The van der Waals surface area contributed by atoms with Gasteiger partial charge in [0.05, 0.1) is 11.2 Å². The molecule has 1 heterocycles. The molecule has 0 aliphatic heterocycles. The minimum atomic E-state index is -4.80. The predicted octanol–water partition coefficient (Wildman–Crippen LogP) is 4.51. The number of para-hydroxylation sites is 1. The number of halogens is 3. The summed E-state index contributed by atoms with van der Waals surface area (Å²) in [5.74, 6) is -0.313. The number of rotatable bonds is 7. The normalized spacial score (nSPS) is 14.0. The monoisotopic (exact) mass is 416 g/mol. The van der Waals surface area contributed by atoms with E-state index < -0.39 is 12.3 Å². The Hall–Kier alpha value is -3.36. The van der Waals surface area contributed by atoms with Gasteiger partial charge < -0.3 is 15.8 Å². The highest BCUT2D eigenvalue weighted by Gasteiger charge is 2.32. The molecule has 1 saturated carbocycles. The molecule has 1 aliphatic carbocycles. The van der Waals surface area contributed by atoms with Gasteiger partial charge in [-0.05, 0) is 36.1 Å². The summed E-state index contributed by atoms with van der Waals surface area (Å²) in [7, 11) is 0. The van der Waals surface area contributed by atoms with Crippen LogP contribution < -0.4 is 15.8 Å². The third-order valence-electron chi connectivity index (χ3n) is 4.97. The molecule has 2 aromatic carbocycles. The van der Waals surface area contributed by atoms with E-state index in [9.17, 15) is 18.0 Å². The van der Waals surface area contributed by atoms with Gasteiger partial charge in [0.25, 0.3) is 5.91 Å². The van der Waals surface area contributed by atoms with Crippen molar-refractivity contribution in [3.8, 4) is 16.9 Å². The van der Waals surface area contributed by atoms with Crippen LogP contribution in [0.25, 0.3) is 22.0 Å². The van der Waals surface area contributed by atoms with Crippen LogP contribution in [-0.4, -0.2) is 29.0 Å². The Morgan fingerprint density at radius 2 is 1.93 bits per heavy atom. The molecule has 1 fully saturated rings. The number of hydrogen-bond acceptors (Lipinski definition) is 5. The number of ether oxygens (including phenoxy) is 1. The van der Waals surface area contributed by atoms with Gasteiger partial charge in [0, 0.05) is 17.5 Å². The third kappa shape index (κ3) is 4.45.